The molecule has 1 atom stereocenters. The van der Waals surface area contributed by atoms with Gasteiger partial charge in [-0.1, -0.05) is 17.7 Å². The number of amides is 1. The number of anilines is 1. The normalized spacial score (nSPS) is 19.1. The van der Waals surface area contributed by atoms with Crippen LogP contribution in [0.15, 0.2) is 35.2 Å². The van der Waals surface area contributed by atoms with Gasteiger partial charge in [0, 0.05) is 37.1 Å². The summed E-state index contributed by atoms with van der Waals surface area (Å²) in [4.78, 5) is 13.4. The van der Waals surface area contributed by atoms with Gasteiger partial charge in [-0.15, -0.1) is 0 Å². The van der Waals surface area contributed by atoms with E-state index in [2.05, 4.69) is 5.32 Å². The zero-order valence-electron chi connectivity index (χ0n) is 19.7. The highest BCUT2D eigenvalue weighted by Gasteiger charge is 2.33. The molecule has 2 heterocycles. The summed E-state index contributed by atoms with van der Waals surface area (Å²) in [5, 5.41) is 3.00. The number of carbonyl (C=O) groups excluding carboxylic acids is 1. The number of hydrogen-bond acceptors (Lipinski definition) is 5. The second-order valence-electron chi connectivity index (χ2n) is 8.96. The molecule has 0 saturated carbocycles. The molecule has 1 amide bonds. The average molecular weight is 473 g/mol. The number of ether oxygens (including phenoxy) is 2. The summed E-state index contributed by atoms with van der Waals surface area (Å²) < 4.78 is 39.4. The van der Waals surface area contributed by atoms with Gasteiger partial charge < -0.3 is 14.8 Å². The highest BCUT2D eigenvalue weighted by atomic mass is 32.2. The van der Waals surface area contributed by atoms with Crippen LogP contribution < -0.4 is 14.8 Å². The predicted octanol–water partition coefficient (Wildman–Crippen LogP) is 4.06. The van der Waals surface area contributed by atoms with Crippen molar-refractivity contribution in [2.24, 2.45) is 5.92 Å². The van der Waals surface area contributed by atoms with E-state index in [-0.39, 0.29) is 17.9 Å². The molecule has 1 N–H and O–H groups in total. The van der Waals surface area contributed by atoms with Gasteiger partial charge >= 0.3 is 0 Å². The molecule has 33 heavy (non-hydrogen) atoms. The molecule has 2 aromatic carbocycles. The Kier molecular flexibility index (Phi) is 6.68. The molecule has 0 aliphatic carbocycles. The van der Waals surface area contributed by atoms with E-state index in [4.69, 9.17) is 9.47 Å². The fraction of sp³-hybridized carbons (Fsp3) is 0.480. The van der Waals surface area contributed by atoms with Gasteiger partial charge in [0.2, 0.25) is 15.9 Å². The number of piperidine rings is 1. The molecular formula is C25H32N2O5S. The van der Waals surface area contributed by atoms with E-state index >= 15 is 0 Å². The Bertz CT molecular complexity index is 1150. The largest absolute Gasteiger partial charge is 0.492 e. The lowest BCUT2D eigenvalue weighted by molar-refractivity contribution is -0.120. The SMILES string of the molecule is CCOc1cc2c(cc1NC(=O)C1CCN(S(=O)(=O)c3ccc(C)cc3C)CC1)OC(C)C2. The molecule has 1 saturated heterocycles. The van der Waals surface area contributed by atoms with Gasteiger partial charge in [-0.05, 0) is 58.2 Å². The molecule has 0 aromatic heterocycles. The van der Waals surface area contributed by atoms with E-state index in [1.165, 1.54) is 4.31 Å². The first kappa shape index (κ1) is 23.6. The van der Waals surface area contributed by atoms with E-state index < -0.39 is 10.0 Å². The summed E-state index contributed by atoms with van der Waals surface area (Å²) >= 11 is 0. The van der Waals surface area contributed by atoms with Crippen molar-refractivity contribution in [3.63, 3.8) is 0 Å². The first-order chi connectivity index (χ1) is 15.7. The lowest BCUT2D eigenvalue weighted by atomic mass is 9.97. The van der Waals surface area contributed by atoms with Crippen molar-refractivity contribution in [3.8, 4) is 11.5 Å². The minimum Gasteiger partial charge on any atom is -0.492 e. The maximum atomic E-state index is 13.1. The third kappa shape index (κ3) is 4.87. The average Bonchev–Trinajstić information content (AvgIpc) is 3.12. The van der Waals surface area contributed by atoms with E-state index in [0.29, 0.717) is 48.9 Å². The number of aryl methyl sites for hydroxylation is 2. The van der Waals surface area contributed by atoms with Crippen LogP contribution in [-0.2, 0) is 21.2 Å². The number of fused-ring (bicyclic) bond motifs is 1. The van der Waals surface area contributed by atoms with Crippen molar-refractivity contribution in [2.45, 2.75) is 58.0 Å². The Hall–Kier alpha value is -2.58. The number of sulfonamides is 1. The molecule has 1 unspecified atom stereocenters. The van der Waals surface area contributed by atoms with Crippen LogP contribution in [0.2, 0.25) is 0 Å². The van der Waals surface area contributed by atoms with Gasteiger partial charge in [-0.25, -0.2) is 8.42 Å². The third-order valence-corrected chi connectivity index (χ3v) is 8.39. The molecule has 2 aromatic rings. The smallest absolute Gasteiger partial charge is 0.243 e. The molecule has 2 aliphatic heterocycles. The molecule has 2 aliphatic rings. The van der Waals surface area contributed by atoms with Crippen LogP contribution in [0.3, 0.4) is 0 Å². The standard InChI is InChI=1S/C25H32N2O5S/c1-5-31-23-14-20-13-18(4)32-22(20)15-21(23)26-25(28)19-8-10-27(11-9-19)33(29,30)24-7-6-16(2)12-17(24)3/h6-7,12,14-15,18-19H,5,8-11,13H2,1-4H3,(H,26,28). The highest BCUT2D eigenvalue weighted by molar-refractivity contribution is 7.89. The Balaban J connectivity index is 1.43. The topological polar surface area (TPSA) is 84.9 Å². The number of nitrogens with one attached hydrogen (secondary N) is 1. The van der Waals surface area contributed by atoms with Crippen LogP contribution in [0.4, 0.5) is 5.69 Å². The molecule has 7 nitrogen and oxygen atoms in total. The van der Waals surface area contributed by atoms with E-state index in [1.54, 1.807) is 6.07 Å². The Morgan fingerprint density at radius 1 is 1.18 bits per heavy atom. The van der Waals surface area contributed by atoms with Crippen LogP contribution >= 0.6 is 0 Å². The molecule has 4 rings (SSSR count). The number of hydrogen-bond donors (Lipinski definition) is 1. The van der Waals surface area contributed by atoms with Crippen LogP contribution in [0.25, 0.3) is 0 Å². The monoisotopic (exact) mass is 472 g/mol. The van der Waals surface area contributed by atoms with Gasteiger partial charge in [-0.3, -0.25) is 4.79 Å². The molecule has 0 spiro atoms. The van der Waals surface area contributed by atoms with Crippen LogP contribution in [0.5, 0.6) is 11.5 Å². The highest BCUT2D eigenvalue weighted by Crippen LogP contribution is 2.38. The molecule has 8 heteroatoms. The van der Waals surface area contributed by atoms with Crippen molar-refractivity contribution in [2.75, 3.05) is 25.0 Å². The Labute approximate surface area is 196 Å². The van der Waals surface area contributed by atoms with Gasteiger partial charge in [0.1, 0.15) is 17.6 Å². The van der Waals surface area contributed by atoms with Crippen molar-refractivity contribution in [1.29, 1.82) is 0 Å². The lowest BCUT2D eigenvalue weighted by Gasteiger charge is -2.31. The zero-order chi connectivity index (χ0) is 23.8. The second-order valence-corrected chi connectivity index (χ2v) is 10.9. The lowest BCUT2D eigenvalue weighted by Crippen LogP contribution is -2.41. The summed E-state index contributed by atoms with van der Waals surface area (Å²) in [5.74, 6) is 1.02. The van der Waals surface area contributed by atoms with Gasteiger partial charge in [0.25, 0.3) is 0 Å². The minimum absolute atomic E-state index is 0.101. The van der Waals surface area contributed by atoms with Crippen molar-refractivity contribution in [1.82, 2.24) is 4.31 Å². The van der Waals surface area contributed by atoms with Crippen LogP contribution in [0.1, 0.15) is 43.4 Å². The molecule has 178 valence electrons. The second kappa shape index (κ2) is 9.35. The quantitative estimate of drug-likeness (QED) is 0.685. The number of nitrogens with zero attached hydrogens (tertiary/aromatic N) is 1. The van der Waals surface area contributed by atoms with Crippen LogP contribution in [-0.4, -0.2) is 44.4 Å². The zero-order valence-corrected chi connectivity index (χ0v) is 20.5. The van der Waals surface area contributed by atoms with Crippen molar-refractivity contribution < 1.29 is 22.7 Å². The maximum absolute atomic E-state index is 13.1. The number of benzene rings is 2. The van der Waals surface area contributed by atoms with E-state index in [9.17, 15) is 13.2 Å². The van der Waals surface area contributed by atoms with Crippen molar-refractivity contribution >= 4 is 21.6 Å². The van der Waals surface area contributed by atoms with Gasteiger partial charge in [0.15, 0.2) is 0 Å². The molecule has 0 radical (unpaired) electrons. The summed E-state index contributed by atoms with van der Waals surface area (Å²) in [5.41, 5.74) is 3.44. The van der Waals surface area contributed by atoms with Crippen LogP contribution in [0, 0.1) is 19.8 Å². The summed E-state index contributed by atoms with van der Waals surface area (Å²) in [7, 11) is -3.58. The first-order valence-corrected chi connectivity index (χ1v) is 13.0. The Morgan fingerprint density at radius 2 is 1.91 bits per heavy atom. The first-order valence-electron chi connectivity index (χ1n) is 11.5. The summed E-state index contributed by atoms with van der Waals surface area (Å²) in [6, 6.07) is 9.14. The number of carbonyl (C=O) groups is 1. The maximum Gasteiger partial charge on any atom is 0.243 e. The van der Waals surface area contributed by atoms with Crippen molar-refractivity contribution in [3.05, 3.63) is 47.0 Å². The molecular weight excluding hydrogens is 440 g/mol. The third-order valence-electron chi connectivity index (χ3n) is 6.33. The fourth-order valence-corrected chi connectivity index (χ4v) is 6.31. The molecule has 0 bridgehead atoms. The predicted molar refractivity (Wildman–Crippen MR) is 127 cm³/mol. The van der Waals surface area contributed by atoms with Gasteiger partial charge in [0.05, 0.1) is 17.2 Å². The summed E-state index contributed by atoms with van der Waals surface area (Å²) in [6.07, 6.45) is 1.86. The van der Waals surface area contributed by atoms with E-state index in [0.717, 1.165) is 28.9 Å². The molecule has 1 fully saturated rings. The Morgan fingerprint density at radius 3 is 2.58 bits per heavy atom. The number of rotatable bonds is 6. The summed E-state index contributed by atoms with van der Waals surface area (Å²) in [6.45, 7) is 8.80. The minimum atomic E-state index is -3.58. The fourth-order valence-electron chi connectivity index (χ4n) is 4.63. The van der Waals surface area contributed by atoms with E-state index in [1.807, 2.05) is 52.0 Å². The van der Waals surface area contributed by atoms with Gasteiger partial charge in [-0.2, -0.15) is 4.31 Å².